The van der Waals surface area contributed by atoms with Gasteiger partial charge in [0.05, 0.1) is 25.3 Å². The van der Waals surface area contributed by atoms with Crippen molar-refractivity contribution in [3.05, 3.63) is 29.8 Å². The van der Waals surface area contributed by atoms with Crippen molar-refractivity contribution in [2.45, 2.75) is 0 Å². The highest BCUT2D eigenvalue weighted by molar-refractivity contribution is 6.49. The first-order valence-electron chi connectivity index (χ1n) is 4.20. The molecule has 0 radical (unpaired) electrons. The summed E-state index contributed by atoms with van der Waals surface area (Å²) in [5.74, 6) is 1.25. The van der Waals surface area contributed by atoms with Crippen LogP contribution in [0.1, 0.15) is 5.56 Å². The van der Waals surface area contributed by atoms with Crippen LogP contribution in [0.4, 0.5) is 0 Å². The van der Waals surface area contributed by atoms with Crippen LogP contribution >= 0.6 is 11.6 Å². The van der Waals surface area contributed by atoms with Gasteiger partial charge in [0.15, 0.2) is 0 Å². The predicted molar refractivity (Wildman–Crippen MR) is 59.0 cm³/mol. The minimum Gasteiger partial charge on any atom is -0.497 e. The molecule has 0 amide bonds. The first-order valence-corrected chi connectivity index (χ1v) is 4.58. The SMILES string of the molecule is COc1ccc(/C(Cl)=C/C#N)c(OC)c1. The number of hydrogen-bond donors (Lipinski definition) is 0. The summed E-state index contributed by atoms with van der Waals surface area (Å²) in [4.78, 5) is 0. The molecular formula is C11H10ClNO2. The lowest BCUT2D eigenvalue weighted by Gasteiger charge is -2.08. The minimum atomic E-state index is 0.344. The number of rotatable bonds is 3. The lowest BCUT2D eigenvalue weighted by molar-refractivity contribution is 0.393. The van der Waals surface area contributed by atoms with Crippen LogP contribution in [0, 0.1) is 11.3 Å². The molecule has 3 nitrogen and oxygen atoms in total. The molecular weight excluding hydrogens is 214 g/mol. The lowest BCUT2D eigenvalue weighted by Crippen LogP contribution is -1.91. The van der Waals surface area contributed by atoms with Crippen molar-refractivity contribution < 1.29 is 9.47 Å². The van der Waals surface area contributed by atoms with Crippen LogP contribution in [0.2, 0.25) is 0 Å². The Bertz CT molecular complexity index is 421. The maximum atomic E-state index is 8.49. The molecule has 0 N–H and O–H groups in total. The number of methoxy groups -OCH3 is 2. The third kappa shape index (κ3) is 2.64. The normalized spacial score (nSPS) is 10.7. The lowest BCUT2D eigenvalue weighted by atomic mass is 10.1. The van der Waals surface area contributed by atoms with Crippen LogP contribution in [0.3, 0.4) is 0 Å². The van der Waals surface area contributed by atoms with E-state index in [0.29, 0.717) is 22.1 Å². The number of hydrogen-bond acceptors (Lipinski definition) is 3. The summed E-state index contributed by atoms with van der Waals surface area (Å²) in [7, 11) is 3.11. The molecule has 0 spiro atoms. The summed E-state index contributed by atoms with van der Waals surface area (Å²) in [6, 6.07) is 7.08. The van der Waals surface area contributed by atoms with Crippen molar-refractivity contribution in [3.63, 3.8) is 0 Å². The fourth-order valence-corrected chi connectivity index (χ4v) is 1.34. The van der Waals surface area contributed by atoms with Crippen molar-refractivity contribution in [1.29, 1.82) is 5.26 Å². The number of allylic oxidation sites excluding steroid dienone is 1. The van der Waals surface area contributed by atoms with Gasteiger partial charge in [0, 0.05) is 17.7 Å². The van der Waals surface area contributed by atoms with Crippen LogP contribution < -0.4 is 9.47 Å². The smallest absolute Gasteiger partial charge is 0.131 e. The molecule has 0 fully saturated rings. The first-order chi connectivity index (χ1) is 7.22. The van der Waals surface area contributed by atoms with Gasteiger partial charge in [-0.15, -0.1) is 0 Å². The zero-order chi connectivity index (χ0) is 11.3. The molecule has 15 heavy (non-hydrogen) atoms. The van der Waals surface area contributed by atoms with E-state index in [1.54, 1.807) is 25.3 Å². The Morgan fingerprint density at radius 1 is 1.40 bits per heavy atom. The summed E-state index contributed by atoms with van der Waals surface area (Å²) in [5.41, 5.74) is 0.668. The number of nitriles is 1. The molecule has 0 atom stereocenters. The number of ether oxygens (including phenoxy) is 2. The molecule has 0 heterocycles. The van der Waals surface area contributed by atoms with E-state index in [-0.39, 0.29) is 0 Å². The Hall–Kier alpha value is -1.66. The summed E-state index contributed by atoms with van der Waals surface area (Å²) in [6.45, 7) is 0. The number of benzene rings is 1. The van der Waals surface area contributed by atoms with Gasteiger partial charge in [0.25, 0.3) is 0 Å². The van der Waals surface area contributed by atoms with E-state index in [2.05, 4.69) is 0 Å². The second-order valence-electron chi connectivity index (χ2n) is 2.69. The van der Waals surface area contributed by atoms with Crippen molar-refractivity contribution in [2.24, 2.45) is 0 Å². The van der Waals surface area contributed by atoms with Gasteiger partial charge in [-0.2, -0.15) is 5.26 Å². The summed E-state index contributed by atoms with van der Waals surface area (Å²) in [5, 5.41) is 8.83. The summed E-state index contributed by atoms with van der Waals surface area (Å²) < 4.78 is 10.2. The minimum absolute atomic E-state index is 0.344. The zero-order valence-corrected chi connectivity index (χ0v) is 9.21. The van der Waals surface area contributed by atoms with Crippen LogP contribution in [0.15, 0.2) is 24.3 Å². The standard InChI is InChI=1S/C11H10ClNO2/c1-14-8-3-4-9(10(12)5-6-13)11(7-8)15-2/h3-5,7H,1-2H3/b10-5-. The van der Waals surface area contributed by atoms with E-state index in [9.17, 15) is 0 Å². The van der Waals surface area contributed by atoms with Crippen LogP contribution in [0.25, 0.3) is 5.03 Å². The quantitative estimate of drug-likeness (QED) is 0.740. The van der Waals surface area contributed by atoms with Gasteiger partial charge in [-0.1, -0.05) is 11.6 Å². The Kier molecular flexibility index (Phi) is 4.02. The van der Waals surface area contributed by atoms with E-state index in [1.165, 1.54) is 13.2 Å². The van der Waals surface area contributed by atoms with Gasteiger partial charge >= 0.3 is 0 Å². The van der Waals surface area contributed by atoms with Crippen LogP contribution in [-0.2, 0) is 0 Å². The molecule has 0 bridgehead atoms. The Morgan fingerprint density at radius 2 is 2.13 bits per heavy atom. The molecule has 0 aliphatic carbocycles. The van der Waals surface area contributed by atoms with Gasteiger partial charge in [-0.3, -0.25) is 0 Å². The van der Waals surface area contributed by atoms with E-state index in [4.69, 9.17) is 26.3 Å². The van der Waals surface area contributed by atoms with Crippen molar-refractivity contribution >= 4 is 16.6 Å². The highest BCUT2D eigenvalue weighted by atomic mass is 35.5. The van der Waals surface area contributed by atoms with E-state index >= 15 is 0 Å². The van der Waals surface area contributed by atoms with E-state index < -0.39 is 0 Å². The highest BCUT2D eigenvalue weighted by Crippen LogP contribution is 2.31. The molecule has 1 aromatic carbocycles. The average Bonchev–Trinajstić information content (AvgIpc) is 2.28. The van der Waals surface area contributed by atoms with Gasteiger partial charge in [0.1, 0.15) is 11.5 Å². The Balaban J connectivity index is 3.20. The zero-order valence-electron chi connectivity index (χ0n) is 8.45. The first kappa shape index (κ1) is 11.4. The van der Waals surface area contributed by atoms with Gasteiger partial charge in [-0.05, 0) is 12.1 Å². The van der Waals surface area contributed by atoms with Gasteiger partial charge in [0.2, 0.25) is 0 Å². The molecule has 0 unspecified atom stereocenters. The Morgan fingerprint density at radius 3 is 2.67 bits per heavy atom. The molecule has 0 aliphatic rings. The molecule has 1 aromatic rings. The van der Waals surface area contributed by atoms with Crippen molar-refractivity contribution in [1.82, 2.24) is 0 Å². The van der Waals surface area contributed by atoms with Gasteiger partial charge < -0.3 is 9.47 Å². The Labute approximate surface area is 93.5 Å². The summed E-state index contributed by atoms with van der Waals surface area (Å²) in [6.07, 6.45) is 1.26. The van der Waals surface area contributed by atoms with Crippen molar-refractivity contribution in [3.8, 4) is 17.6 Å². The topological polar surface area (TPSA) is 42.2 Å². The third-order valence-electron chi connectivity index (χ3n) is 1.86. The maximum absolute atomic E-state index is 8.49. The highest BCUT2D eigenvalue weighted by Gasteiger charge is 2.07. The number of halogens is 1. The molecule has 78 valence electrons. The molecule has 4 heteroatoms. The third-order valence-corrected chi connectivity index (χ3v) is 2.17. The molecule has 1 rings (SSSR count). The van der Waals surface area contributed by atoms with Crippen LogP contribution in [-0.4, -0.2) is 14.2 Å². The fraction of sp³-hybridized carbons (Fsp3) is 0.182. The molecule has 0 saturated carbocycles. The molecule has 0 saturated heterocycles. The predicted octanol–water partition coefficient (Wildman–Crippen LogP) is 2.81. The van der Waals surface area contributed by atoms with Crippen molar-refractivity contribution in [2.75, 3.05) is 14.2 Å². The largest absolute Gasteiger partial charge is 0.497 e. The van der Waals surface area contributed by atoms with E-state index in [1.807, 2.05) is 6.07 Å². The van der Waals surface area contributed by atoms with Crippen LogP contribution in [0.5, 0.6) is 11.5 Å². The molecule has 0 aromatic heterocycles. The fourth-order valence-electron chi connectivity index (χ4n) is 1.13. The second-order valence-corrected chi connectivity index (χ2v) is 3.09. The monoisotopic (exact) mass is 223 g/mol. The molecule has 0 aliphatic heterocycles. The average molecular weight is 224 g/mol. The maximum Gasteiger partial charge on any atom is 0.131 e. The second kappa shape index (κ2) is 5.28. The number of nitrogens with zero attached hydrogens (tertiary/aromatic N) is 1. The van der Waals surface area contributed by atoms with E-state index in [0.717, 1.165) is 0 Å². The summed E-state index contributed by atoms with van der Waals surface area (Å²) >= 11 is 5.90. The van der Waals surface area contributed by atoms with Gasteiger partial charge in [-0.25, -0.2) is 0 Å².